The van der Waals surface area contributed by atoms with Crippen molar-refractivity contribution in [3.8, 4) is 0 Å². The highest BCUT2D eigenvalue weighted by atomic mass is 79.9. The van der Waals surface area contributed by atoms with E-state index in [2.05, 4.69) is 15.9 Å². The first-order chi connectivity index (χ1) is 9.11. The van der Waals surface area contributed by atoms with Crippen LogP contribution in [0.15, 0.2) is 28.7 Å². The van der Waals surface area contributed by atoms with Gasteiger partial charge in [-0.15, -0.1) is 0 Å². The molecule has 1 aliphatic heterocycles. The van der Waals surface area contributed by atoms with Crippen LogP contribution in [0.4, 0.5) is 0 Å². The molecule has 5 heteroatoms. The molecule has 1 unspecified atom stereocenters. The van der Waals surface area contributed by atoms with Gasteiger partial charge in [0.05, 0.1) is 12.3 Å². The fraction of sp³-hybridized carbons (Fsp3) is 0.286. The van der Waals surface area contributed by atoms with Crippen molar-refractivity contribution in [2.45, 2.75) is 13.5 Å². The standard InChI is InChI=1S/C14H12BrNO3/c1-2-19-14(18)10-7-16-11-4-3-9(15)5-8(11)6-12(16)13(10)17/h3-6,10H,2,7H2,1H3. The Kier molecular flexibility index (Phi) is 2.93. The van der Waals surface area contributed by atoms with Gasteiger partial charge in [0.1, 0.15) is 5.92 Å². The number of fused-ring (bicyclic) bond motifs is 3. The summed E-state index contributed by atoms with van der Waals surface area (Å²) < 4.78 is 7.81. The Morgan fingerprint density at radius 3 is 3.00 bits per heavy atom. The molecule has 1 aliphatic rings. The van der Waals surface area contributed by atoms with E-state index in [0.717, 1.165) is 15.4 Å². The third-order valence-corrected chi connectivity index (χ3v) is 3.86. The van der Waals surface area contributed by atoms with Gasteiger partial charge in [-0.1, -0.05) is 15.9 Å². The Morgan fingerprint density at radius 2 is 2.26 bits per heavy atom. The highest BCUT2D eigenvalue weighted by Gasteiger charge is 2.38. The fourth-order valence-electron chi connectivity index (χ4n) is 2.51. The van der Waals surface area contributed by atoms with Gasteiger partial charge in [-0.3, -0.25) is 9.59 Å². The molecule has 1 aromatic carbocycles. The van der Waals surface area contributed by atoms with Crippen molar-refractivity contribution < 1.29 is 14.3 Å². The Balaban J connectivity index is 2.03. The summed E-state index contributed by atoms with van der Waals surface area (Å²) in [5, 5.41) is 1.00. The summed E-state index contributed by atoms with van der Waals surface area (Å²) in [6.07, 6.45) is 0. The maximum atomic E-state index is 12.2. The van der Waals surface area contributed by atoms with Gasteiger partial charge in [0, 0.05) is 21.9 Å². The normalized spacial score (nSPS) is 17.8. The second-order valence-corrected chi connectivity index (χ2v) is 5.43. The minimum atomic E-state index is -0.692. The van der Waals surface area contributed by atoms with E-state index in [1.54, 1.807) is 6.92 Å². The van der Waals surface area contributed by atoms with Crippen LogP contribution in [0.5, 0.6) is 0 Å². The summed E-state index contributed by atoms with van der Waals surface area (Å²) in [6.45, 7) is 2.41. The van der Waals surface area contributed by atoms with E-state index < -0.39 is 11.9 Å². The maximum Gasteiger partial charge on any atom is 0.318 e. The van der Waals surface area contributed by atoms with Crippen molar-refractivity contribution in [1.29, 1.82) is 0 Å². The lowest BCUT2D eigenvalue weighted by Crippen LogP contribution is -2.23. The van der Waals surface area contributed by atoms with Gasteiger partial charge in [-0.25, -0.2) is 0 Å². The predicted octanol–water partition coefficient (Wildman–Crippen LogP) is 2.78. The lowest BCUT2D eigenvalue weighted by Gasteiger charge is -2.07. The number of carbonyl (C=O) groups is 2. The average Bonchev–Trinajstić information content (AvgIpc) is 2.87. The molecule has 0 N–H and O–H groups in total. The van der Waals surface area contributed by atoms with E-state index in [1.165, 1.54) is 0 Å². The lowest BCUT2D eigenvalue weighted by atomic mass is 10.1. The number of ether oxygens (including phenoxy) is 1. The van der Waals surface area contributed by atoms with Crippen molar-refractivity contribution >= 4 is 38.6 Å². The van der Waals surface area contributed by atoms with Gasteiger partial charge in [0.15, 0.2) is 5.78 Å². The van der Waals surface area contributed by atoms with Crippen LogP contribution in [0.2, 0.25) is 0 Å². The Morgan fingerprint density at radius 1 is 1.47 bits per heavy atom. The monoisotopic (exact) mass is 321 g/mol. The number of hydrogen-bond donors (Lipinski definition) is 0. The highest BCUT2D eigenvalue weighted by molar-refractivity contribution is 9.10. The minimum absolute atomic E-state index is 0.147. The van der Waals surface area contributed by atoms with Gasteiger partial charge in [0.25, 0.3) is 0 Å². The van der Waals surface area contributed by atoms with Crippen molar-refractivity contribution in [3.63, 3.8) is 0 Å². The molecule has 0 fully saturated rings. The quantitative estimate of drug-likeness (QED) is 0.631. The zero-order valence-corrected chi connectivity index (χ0v) is 11.9. The third kappa shape index (κ3) is 1.89. The molecule has 1 aromatic heterocycles. The number of ketones is 1. The number of hydrogen-bond acceptors (Lipinski definition) is 3. The van der Waals surface area contributed by atoms with E-state index in [-0.39, 0.29) is 5.78 Å². The second kappa shape index (κ2) is 4.49. The molecule has 0 saturated carbocycles. The van der Waals surface area contributed by atoms with Crippen LogP contribution in [0.3, 0.4) is 0 Å². The Hall–Kier alpha value is -1.62. The van der Waals surface area contributed by atoms with Crippen molar-refractivity contribution in [2.75, 3.05) is 6.61 Å². The zero-order chi connectivity index (χ0) is 13.6. The molecule has 0 bridgehead atoms. The molecule has 2 heterocycles. The highest BCUT2D eigenvalue weighted by Crippen LogP contribution is 2.31. The number of Topliss-reactive ketones (excluding diaryl/α,β-unsaturated/α-hetero) is 1. The van der Waals surface area contributed by atoms with Gasteiger partial charge in [0.2, 0.25) is 0 Å². The SMILES string of the molecule is CCOC(=O)C1Cn2c(cc3cc(Br)ccc32)C1=O. The number of aromatic nitrogens is 1. The molecule has 19 heavy (non-hydrogen) atoms. The van der Waals surface area contributed by atoms with Gasteiger partial charge >= 0.3 is 5.97 Å². The number of esters is 1. The third-order valence-electron chi connectivity index (χ3n) is 3.37. The van der Waals surface area contributed by atoms with Crippen molar-refractivity contribution in [3.05, 3.63) is 34.4 Å². The van der Waals surface area contributed by atoms with E-state index in [0.29, 0.717) is 18.8 Å². The van der Waals surface area contributed by atoms with E-state index in [4.69, 9.17) is 4.74 Å². The van der Waals surface area contributed by atoms with Crippen LogP contribution in [-0.2, 0) is 16.1 Å². The van der Waals surface area contributed by atoms with Crippen LogP contribution in [-0.4, -0.2) is 22.9 Å². The summed E-state index contributed by atoms with van der Waals surface area (Å²) in [5.41, 5.74) is 1.56. The molecule has 0 aliphatic carbocycles. The Bertz CT molecular complexity index is 689. The van der Waals surface area contributed by atoms with Gasteiger partial charge in [-0.2, -0.15) is 0 Å². The van der Waals surface area contributed by atoms with Gasteiger partial charge in [-0.05, 0) is 31.2 Å². The summed E-state index contributed by atoms with van der Waals surface area (Å²) in [6, 6.07) is 7.68. The van der Waals surface area contributed by atoms with E-state index in [9.17, 15) is 9.59 Å². The van der Waals surface area contributed by atoms with Crippen LogP contribution in [0, 0.1) is 5.92 Å². The summed E-state index contributed by atoms with van der Waals surface area (Å²) >= 11 is 3.41. The smallest absolute Gasteiger partial charge is 0.318 e. The van der Waals surface area contributed by atoms with Crippen LogP contribution < -0.4 is 0 Å². The molecule has 1 atom stereocenters. The number of nitrogens with zero attached hydrogens (tertiary/aromatic N) is 1. The lowest BCUT2D eigenvalue weighted by molar-refractivity contribution is -0.146. The number of benzene rings is 1. The van der Waals surface area contributed by atoms with Crippen LogP contribution in [0.25, 0.3) is 10.9 Å². The average molecular weight is 322 g/mol. The van der Waals surface area contributed by atoms with Crippen LogP contribution in [0.1, 0.15) is 17.4 Å². The first-order valence-corrected chi connectivity index (χ1v) is 6.90. The molecule has 3 rings (SSSR count). The molecular weight excluding hydrogens is 310 g/mol. The molecule has 0 saturated heterocycles. The summed E-state index contributed by atoms with van der Waals surface area (Å²) in [5.74, 6) is -1.27. The molecule has 0 radical (unpaired) electrons. The first kappa shape index (κ1) is 12.4. The first-order valence-electron chi connectivity index (χ1n) is 6.11. The number of rotatable bonds is 2. The van der Waals surface area contributed by atoms with E-state index >= 15 is 0 Å². The molecule has 2 aromatic rings. The number of carbonyl (C=O) groups excluding carboxylic acids is 2. The predicted molar refractivity (Wildman–Crippen MR) is 74.1 cm³/mol. The van der Waals surface area contributed by atoms with Crippen molar-refractivity contribution in [1.82, 2.24) is 4.57 Å². The molecule has 4 nitrogen and oxygen atoms in total. The molecule has 98 valence electrons. The largest absolute Gasteiger partial charge is 0.465 e. The maximum absolute atomic E-state index is 12.2. The Labute approximate surface area is 118 Å². The second-order valence-electron chi connectivity index (χ2n) is 4.51. The molecule has 0 amide bonds. The topological polar surface area (TPSA) is 48.3 Å². The zero-order valence-electron chi connectivity index (χ0n) is 10.4. The summed E-state index contributed by atoms with van der Waals surface area (Å²) in [4.78, 5) is 24.0. The van der Waals surface area contributed by atoms with Crippen LogP contribution >= 0.6 is 15.9 Å². The minimum Gasteiger partial charge on any atom is -0.465 e. The van der Waals surface area contributed by atoms with Crippen molar-refractivity contribution in [2.24, 2.45) is 5.92 Å². The summed E-state index contributed by atoms with van der Waals surface area (Å²) in [7, 11) is 0. The fourth-order valence-corrected chi connectivity index (χ4v) is 2.89. The van der Waals surface area contributed by atoms with E-state index in [1.807, 2.05) is 28.8 Å². The van der Waals surface area contributed by atoms with Gasteiger partial charge < -0.3 is 9.30 Å². The molecule has 0 spiro atoms. The molecular formula is C14H12BrNO3. The number of halogens is 1.